The maximum Gasteiger partial charge on any atom is 0.228 e. The third-order valence-corrected chi connectivity index (χ3v) is 9.35. The number of fused-ring (bicyclic) bond motifs is 7. The number of hydrogen-bond donors (Lipinski definition) is 0. The summed E-state index contributed by atoms with van der Waals surface area (Å²) in [4.78, 5) is 15.0. The van der Waals surface area contributed by atoms with Gasteiger partial charge in [-0.05, 0) is 29.3 Å². The van der Waals surface area contributed by atoms with Crippen LogP contribution in [0.2, 0.25) is 0 Å². The molecule has 0 aliphatic heterocycles. The molecular weight excluding hydrogens is 615 g/mol. The van der Waals surface area contributed by atoms with Crippen LogP contribution in [0.25, 0.3) is 100 Å². The van der Waals surface area contributed by atoms with Crippen LogP contribution in [-0.4, -0.2) is 15.0 Å². The standard InChI is InChI=1S/C45H27N3O2/c1-3-11-30(12-4-1)36-27-37(47-44(46-36)33-13-5-2-6-14-33)31-23-19-28(20-24-31)29-21-25-32(26-22-29)42-43-40(34-15-7-9-17-38(34)49-43)41-35-16-8-10-18-39(35)50-45(41)48-42/h1-27H. The van der Waals surface area contributed by atoms with E-state index in [1.54, 1.807) is 0 Å². The molecule has 10 rings (SSSR count). The van der Waals surface area contributed by atoms with Gasteiger partial charge in [-0.1, -0.05) is 146 Å². The molecular formula is C45H27N3O2. The summed E-state index contributed by atoms with van der Waals surface area (Å²) in [5.74, 6) is 0.703. The van der Waals surface area contributed by atoms with Crippen molar-refractivity contribution in [3.05, 3.63) is 164 Å². The number of hydrogen-bond acceptors (Lipinski definition) is 5. The minimum atomic E-state index is 0.607. The first-order chi connectivity index (χ1) is 24.8. The molecule has 0 amide bonds. The molecule has 0 aliphatic carbocycles. The second-order valence-electron chi connectivity index (χ2n) is 12.4. The van der Waals surface area contributed by atoms with Gasteiger partial charge in [0.05, 0.1) is 16.8 Å². The molecule has 50 heavy (non-hydrogen) atoms. The van der Waals surface area contributed by atoms with Crippen molar-refractivity contribution in [2.45, 2.75) is 0 Å². The number of rotatable bonds is 5. The first kappa shape index (κ1) is 28.2. The lowest BCUT2D eigenvalue weighted by atomic mass is 9.99. The van der Waals surface area contributed by atoms with E-state index in [1.807, 2.05) is 84.9 Å². The first-order valence-corrected chi connectivity index (χ1v) is 16.6. The summed E-state index contributed by atoms with van der Waals surface area (Å²) in [5, 5.41) is 4.10. The fourth-order valence-corrected chi connectivity index (χ4v) is 6.88. The average Bonchev–Trinajstić information content (AvgIpc) is 3.77. The largest absolute Gasteiger partial charge is 0.454 e. The molecule has 0 unspecified atom stereocenters. The molecule has 5 nitrogen and oxygen atoms in total. The molecule has 6 aromatic carbocycles. The van der Waals surface area contributed by atoms with E-state index in [0.29, 0.717) is 11.5 Å². The zero-order chi connectivity index (χ0) is 33.0. The summed E-state index contributed by atoms with van der Waals surface area (Å²) in [6.45, 7) is 0. The molecule has 0 atom stereocenters. The van der Waals surface area contributed by atoms with Crippen LogP contribution < -0.4 is 0 Å². The summed E-state index contributed by atoms with van der Waals surface area (Å²) >= 11 is 0. The molecule has 0 bridgehead atoms. The van der Waals surface area contributed by atoms with Crippen molar-refractivity contribution in [3.63, 3.8) is 0 Å². The van der Waals surface area contributed by atoms with Gasteiger partial charge in [-0.3, -0.25) is 0 Å². The van der Waals surface area contributed by atoms with Gasteiger partial charge in [-0.2, -0.15) is 0 Å². The molecule has 0 saturated heterocycles. The van der Waals surface area contributed by atoms with Crippen LogP contribution in [0.4, 0.5) is 0 Å². The molecule has 0 fully saturated rings. The number of nitrogens with zero attached hydrogens (tertiary/aromatic N) is 3. The Morgan fingerprint density at radius 1 is 0.360 bits per heavy atom. The van der Waals surface area contributed by atoms with E-state index in [9.17, 15) is 0 Å². The lowest BCUT2D eigenvalue weighted by Crippen LogP contribution is -1.95. The fraction of sp³-hybridized carbons (Fsp3) is 0. The third kappa shape index (κ3) is 4.67. The van der Waals surface area contributed by atoms with Crippen LogP contribution in [0.1, 0.15) is 0 Å². The fourth-order valence-electron chi connectivity index (χ4n) is 6.88. The normalized spacial score (nSPS) is 11.6. The highest BCUT2D eigenvalue weighted by molar-refractivity contribution is 6.26. The van der Waals surface area contributed by atoms with Crippen molar-refractivity contribution >= 4 is 44.0 Å². The number of benzene rings is 6. The molecule has 4 aromatic heterocycles. The van der Waals surface area contributed by atoms with Crippen LogP contribution in [0, 0.1) is 0 Å². The summed E-state index contributed by atoms with van der Waals surface area (Å²) in [6, 6.07) is 55.7. The van der Waals surface area contributed by atoms with Crippen molar-refractivity contribution in [1.82, 2.24) is 15.0 Å². The van der Waals surface area contributed by atoms with E-state index in [1.165, 1.54) is 0 Å². The molecule has 0 N–H and O–H groups in total. The molecule has 0 spiro atoms. The highest BCUT2D eigenvalue weighted by atomic mass is 16.3. The van der Waals surface area contributed by atoms with Gasteiger partial charge in [-0.25, -0.2) is 15.0 Å². The van der Waals surface area contributed by atoms with Gasteiger partial charge >= 0.3 is 0 Å². The molecule has 0 saturated carbocycles. The Bertz CT molecular complexity index is 2780. The monoisotopic (exact) mass is 641 g/mol. The highest BCUT2D eigenvalue weighted by Gasteiger charge is 2.22. The van der Waals surface area contributed by atoms with Gasteiger partial charge in [0.15, 0.2) is 11.4 Å². The summed E-state index contributed by atoms with van der Waals surface area (Å²) in [5.41, 5.74) is 11.8. The minimum Gasteiger partial charge on any atom is -0.454 e. The van der Waals surface area contributed by atoms with Crippen molar-refractivity contribution in [2.24, 2.45) is 0 Å². The number of aromatic nitrogens is 3. The number of para-hydroxylation sites is 2. The van der Waals surface area contributed by atoms with Crippen molar-refractivity contribution < 1.29 is 8.83 Å². The highest BCUT2D eigenvalue weighted by Crippen LogP contribution is 2.43. The van der Waals surface area contributed by atoms with E-state index < -0.39 is 0 Å². The molecule has 10 aromatic rings. The van der Waals surface area contributed by atoms with Crippen molar-refractivity contribution in [1.29, 1.82) is 0 Å². The third-order valence-electron chi connectivity index (χ3n) is 9.35. The predicted molar refractivity (Wildman–Crippen MR) is 202 cm³/mol. The van der Waals surface area contributed by atoms with Crippen molar-refractivity contribution in [2.75, 3.05) is 0 Å². The molecule has 0 aliphatic rings. The molecule has 5 heteroatoms. The number of furan rings is 2. The quantitative estimate of drug-likeness (QED) is 0.187. The van der Waals surface area contributed by atoms with Gasteiger partial charge in [0.1, 0.15) is 16.9 Å². The molecule has 0 radical (unpaired) electrons. The summed E-state index contributed by atoms with van der Waals surface area (Å²) in [7, 11) is 0. The van der Waals surface area contributed by atoms with Gasteiger partial charge in [-0.15, -0.1) is 0 Å². The Labute approximate surface area is 287 Å². The van der Waals surface area contributed by atoms with E-state index in [-0.39, 0.29) is 0 Å². The first-order valence-electron chi connectivity index (χ1n) is 16.6. The lowest BCUT2D eigenvalue weighted by Gasteiger charge is -2.10. The Morgan fingerprint density at radius 2 is 0.840 bits per heavy atom. The van der Waals surface area contributed by atoms with Crippen molar-refractivity contribution in [3.8, 4) is 56.3 Å². The maximum absolute atomic E-state index is 6.49. The molecule has 234 valence electrons. The Balaban J connectivity index is 1.03. The Morgan fingerprint density at radius 3 is 1.48 bits per heavy atom. The SMILES string of the molecule is c1ccc(-c2cc(-c3ccc(-c4ccc(-c5nc6oc7ccccc7c6c6c5oc5ccccc56)cc4)cc3)nc(-c3ccccc3)n2)cc1. The van der Waals surface area contributed by atoms with E-state index in [4.69, 9.17) is 23.8 Å². The topological polar surface area (TPSA) is 65.0 Å². The van der Waals surface area contributed by atoms with E-state index in [0.717, 1.165) is 88.8 Å². The Hall–Kier alpha value is -6.85. The summed E-state index contributed by atoms with van der Waals surface area (Å²) < 4.78 is 12.8. The minimum absolute atomic E-state index is 0.607. The average molecular weight is 642 g/mol. The second kappa shape index (κ2) is 11.4. The van der Waals surface area contributed by atoms with Crippen LogP contribution in [0.15, 0.2) is 173 Å². The van der Waals surface area contributed by atoms with E-state index >= 15 is 0 Å². The van der Waals surface area contributed by atoms with Gasteiger partial charge in [0.2, 0.25) is 5.71 Å². The zero-order valence-corrected chi connectivity index (χ0v) is 26.7. The lowest BCUT2D eigenvalue weighted by molar-refractivity contribution is 0.650. The van der Waals surface area contributed by atoms with Crippen LogP contribution in [-0.2, 0) is 0 Å². The smallest absolute Gasteiger partial charge is 0.228 e. The second-order valence-corrected chi connectivity index (χ2v) is 12.4. The predicted octanol–water partition coefficient (Wildman–Crippen LogP) is 12.0. The maximum atomic E-state index is 6.49. The number of pyridine rings is 1. The van der Waals surface area contributed by atoms with Crippen LogP contribution in [0.5, 0.6) is 0 Å². The Kier molecular flexibility index (Phi) is 6.42. The van der Waals surface area contributed by atoms with Crippen LogP contribution >= 0.6 is 0 Å². The van der Waals surface area contributed by atoms with Gasteiger partial charge < -0.3 is 8.83 Å². The zero-order valence-electron chi connectivity index (χ0n) is 26.7. The summed E-state index contributed by atoms with van der Waals surface area (Å²) in [6.07, 6.45) is 0. The van der Waals surface area contributed by atoms with Gasteiger partial charge in [0, 0.05) is 38.4 Å². The van der Waals surface area contributed by atoms with Gasteiger partial charge in [0.25, 0.3) is 0 Å². The molecule has 4 heterocycles. The van der Waals surface area contributed by atoms with E-state index in [2.05, 4.69) is 78.9 Å². The van der Waals surface area contributed by atoms with Crippen LogP contribution in [0.3, 0.4) is 0 Å².